The molecule has 0 spiro atoms. The van der Waals surface area contributed by atoms with E-state index >= 15 is 0 Å². The number of unbranched alkanes of at least 4 members (excludes halogenated alkanes) is 1. The fourth-order valence-electron chi connectivity index (χ4n) is 6.31. The lowest BCUT2D eigenvalue weighted by Gasteiger charge is -2.44. The van der Waals surface area contributed by atoms with Crippen molar-refractivity contribution in [3.63, 3.8) is 0 Å². The fraction of sp³-hybridized carbons (Fsp3) is 0.714. The third-order valence-electron chi connectivity index (χ3n) is 8.03. The molecule has 1 heterocycles. The number of hydrogen-bond acceptors (Lipinski definition) is 6. The first-order valence-corrected chi connectivity index (χ1v) is 14.6. The molecule has 196 valence electrons. The molecule has 1 aromatic carbocycles. The fourth-order valence-corrected chi connectivity index (χ4v) is 6.82. The van der Waals surface area contributed by atoms with Gasteiger partial charge in [0.05, 0.1) is 19.5 Å². The monoisotopic (exact) mass is 505 g/mol. The molecule has 0 amide bonds. The molecular weight excluding hydrogens is 461 g/mol. The van der Waals surface area contributed by atoms with Crippen LogP contribution in [0.25, 0.3) is 0 Å². The van der Waals surface area contributed by atoms with Gasteiger partial charge in [-0.15, -0.1) is 0 Å². The SMILES string of the molecule is CCCCN1C=NC(CCSC)(C(=O)OC)C1CC1CCCCC1C(c1cccc(F)c1)N(C)C. The Balaban J connectivity index is 1.95. The minimum absolute atomic E-state index is 0.00503. The summed E-state index contributed by atoms with van der Waals surface area (Å²) in [7, 11) is 5.69. The van der Waals surface area contributed by atoms with Crippen LogP contribution >= 0.6 is 11.8 Å². The lowest BCUT2D eigenvalue weighted by molar-refractivity contribution is -0.149. The molecule has 1 aliphatic carbocycles. The number of methoxy groups -OCH3 is 1. The first-order chi connectivity index (χ1) is 16.9. The molecule has 1 aliphatic heterocycles. The van der Waals surface area contributed by atoms with Crippen LogP contribution in [0.5, 0.6) is 0 Å². The normalized spacial score (nSPS) is 27.4. The van der Waals surface area contributed by atoms with E-state index in [4.69, 9.17) is 9.73 Å². The summed E-state index contributed by atoms with van der Waals surface area (Å²) < 4.78 is 19.6. The molecule has 35 heavy (non-hydrogen) atoms. The van der Waals surface area contributed by atoms with E-state index in [2.05, 4.69) is 43.1 Å². The molecule has 0 N–H and O–H groups in total. The lowest BCUT2D eigenvalue weighted by atomic mass is 9.68. The summed E-state index contributed by atoms with van der Waals surface area (Å²) in [6.07, 6.45) is 12.4. The zero-order valence-electron chi connectivity index (χ0n) is 22.2. The molecule has 5 unspecified atom stereocenters. The number of esters is 1. The van der Waals surface area contributed by atoms with Crippen molar-refractivity contribution in [3.8, 4) is 0 Å². The topological polar surface area (TPSA) is 45.1 Å². The Morgan fingerprint density at radius 2 is 2.11 bits per heavy atom. The highest BCUT2D eigenvalue weighted by atomic mass is 32.2. The van der Waals surface area contributed by atoms with Gasteiger partial charge in [0.15, 0.2) is 5.54 Å². The molecule has 3 rings (SSSR count). The summed E-state index contributed by atoms with van der Waals surface area (Å²) in [6.45, 7) is 3.10. The van der Waals surface area contributed by atoms with Crippen LogP contribution < -0.4 is 0 Å². The Hall–Kier alpha value is -1.60. The molecule has 0 radical (unpaired) electrons. The molecule has 0 bridgehead atoms. The molecule has 1 saturated carbocycles. The summed E-state index contributed by atoms with van der Waals surface area (Å²) >= 11 is 1.75. The van der Waals surface area contributed by atoms with Crippen molar-refractivity contribution in [1.82, 2.24) is 9.80 Å². The summed E-state index contributed by atoms with van der Waals surface area (Å²) in [4.78, 5) is 22.7. The molecule has 0 aromatic heterocycles. The van der Waals surface area contributed by atoms with E-state index in [-0.39, 0.29) is 23.9 Å². The number of aliphatic imine (C=N–C) groups is 1. The maximum atomic E-state index is 14.2. The molecule has 2 aliphatic rings. The third-order valence-corrected chi connectivity index (χ3v) is 8.64. The zero-order chi connectivity index (χ0) is 25.4. The third kappa shape index (κ3) is 6.40. The second-order valence-corrected chi connectivity index (χ2v) is 11.4. The van der Waals surface area contributed by atoms with Crippen molar-refractivity contribution in [2.24, 2.45) is 16.8 Å². The maximum absolute atomic E-state index is 14.2. The first-order valence-electron chi connectivity index (χ1n) is 13.2. The highest BCUT2D eigenvalue weighted by Crippen LogP contribution is 2.46. The molecule has 5 nitrogen and oxygen atoms in total. The van der Waals surface area contributed by atoms with Crippen molar-refractivity contribution >= 4 is 24.1 Å². The van der Waals surface area contributed by atoms with Gasteiger partial charge in [-0.05, 0) is 81.3 Å². The Morgan fingerprint density at radius 1 is 1.34 bits per heavy atom. The van der Waals surface area contributed by atoms with E-state index in [1.54, 1.807) is 17.8 Å². The van der Waals surface area contributed by atoms with Crippen LogP contribution in [0.15, 0.2) is 29.3 Å². The van der Waals surface area contributed by atoms with Crippen molar-refractivity contribution in [1.29, 1.82) is 0 Å². The van der Waals surface area contributed by atoms with Gasteiger partial charge >= 0.3 is 5.97 Å². The number of halogens is 1. The number of benzene rings is 1. The van der Waals surface area contributed by atoms with Crippen molar-refractivity contribution in [3.05, 3.63) is 35.6 Å². The van der Waals surface area contributed by atoms with E-state index in [1.807, 2.05) is 12.4 Å². The van der Waals surface area contributed by atoms with Crippen molar-refractivity contribution in [2.45, 2.75) is 75.9 Å². The standard InChI is InChI=1S/C28H44FN3O2S/c1-6-7-16-32-20-30-28(15-17-35-5,27(33)34-4)25(32)19-21-11-8-9-14-24(21)26(31(2)3)22-12-10-13-23(29)18-22/h10,12-13,18,20-21,24-26H,6-9,11,14-17,19H2,1-5H3. The predicted octanol–water partition coefficient (Wildman–Crippen LogP) is 5.80. The van der Waals surface area contributed by atoms with Gasteiger partial charge in [-0.3, -0.25) is 4.99 Å². The maximum Gasteiger partial charge on any atom is 0.336 e. The second kappa shape index (κ2) is 13.1. The minimum Gasteiger partial charge on any atom is -0.467 e. The highest BCUT2D eigenvalue weighted by Gasteiger charge is 2.53. The number of hydrogen-bond donors (Lipinski definition) is 0. The predicted molar refractivity (Wildman–Crippen MR) is 145 cm³/mol. The van der Waals surface area contributed by atoms with Gasteiger partial charge in [0.25, 0.3) is 0 Å². The number of rotatable bonds is 12. The smallest absolute Gasteiger partial charge is 0.336 e. The minimum atomic E-state index is -0.847. The van der Waals surface area contributed by atoms with Gasteiger partial charge in [0, 0.05) is 12.6 Å². The van der Waals surface area contributed by atoms with Crippen molar-refractivity contribution < 1.29 is 13.9 Å². The van der Waals surface area contributed by atoms with Crippen LogP contribution in [0.1, 0.15) is 69.9 Å². The number of ether oxygens (including phenoxy) is 1. The number of thioether (sulfide) groups is 1. The van der Waals surface area contributed by atoms with E-state index in [1.165, 1.54) is 26.0 Å². The van der Waals surface area contributed by atoms with Crippen LogP contribution in [0.2, 0.25) is 0 Å². The molecule has 7 heteroatoms. The van der Waals surface area contributed by atoms with Gasteiger partial charge in [0.1, 0.15) is 5.82 Å². The van der Waals surface area contributed by atoms with Gasteiger partial charge in [-0.2, -0.15) is 11.8 Å². The Labute approximate surface area is 215 Å². The lowest BCUT2D eigenvalue weighted by Crippen LogP contribution is -2.54. The van der Waals surface area contributed by atoms with Crippen LogP contribution in [0.4, 0.5) is 4.39 Å². The van der Waals surface area contributed by atoms with Crippen LogP contribution in [-0.2, 0) is 9.53 Å². The van der Waals surface area contributed by atoms with Gasteiger partial charge in [-0.25, -0.2) is 9.18 Å². The van der Waals surface area contributed by atoms with Gasteiger partial charge in [0.2, 0.25) is 0 Å². The summed E-state index contributed by atoms with van der Waals surface area (Å²) in [5.41, 5.74) is 0.194. The van der Waals surface area contributed by atoms with Crippen LogP contribution in [0, 0.1) is 17.7 Å². The Kier molecular flexibility index (Phi) is 10.5. The van der Waals surface area contributed by atoms with Crippen molar-refractivity contribution in [2.75, 3.05) is 39.8 Å². The van der Waals surface area contributed by atoms with E-state index in [0.29, 0.717) is 18.3 Å². The summed E-state index contributed by atoms with van der Waals surface area (Å²) in [6, 6.07) is 7.23. The highest BCUT2D eigenvalue weighted by molar-refractivity contribution is 7.98. The summed E-state index contributed by atoms with van der Waals surface area (Å²) in [5.74, 6) is 1.29. The van der Waals surface area contributed by atoms with E-state index in [0.717, 1.165) is 50.0 Å². The second-order valence-electron chi connectivity index (χ2n) is 10.4. The zero-order valence-corrected chi connectivity index (χ0v) is 23.0. The number of nitrogens with zero attached hydrogens (tertiary/aromatic N) is 3. The number of carbonyl (C=O) groups is 1. The quantitative estimate of drug-likeness (QED) is 0.336. The largest absolute Gasteiger partial charge is 0.467 e. The molecule has 1 aromatic rings. The summed E-state index contributed by atoms with van der Waals surface area (Å²) in [5, 5.41) is 0. The molecule has 0 saturated heterocycles. The Morgan fingerprint density at radius 3 is 2.77 bits per heavy atom. The van der Waals surface area contributed by atoms with E-state index < -0.39 is 5.54 Å². The number of carbonyl (C=O) groups excluding carboxylic acids is 1. The molecule has 5 atom stereocenters. The first kappa shape index (κ1) is 28.0. The van der Waals surface area contributed by atoms with Gasteiger partial charge in [-0.1, -0.05) is 44.7 Å². The van der Waals surface area contributed by atoms with Crippen LogP contribution in [0.3, 0.4) is 0 Å². The molecular formula is C28H44FN3O2S. The van der Waals surface area contributed by atoms with Crippen LogP contribution in [-0.4, -0.2) is 73.4 Å². The van der Waals surface area contributed by atoms with Gasteiger partial charge < -0.3 is 14.5 Å². The average Bonchev–Trinajstić information content (AvgIpc) is 3.19. The molecule has 1 fully saturated rings. The average molecular weight is 506 g/mol. The Bertz CT molecular complexity index is 851. The van der Waals surface area contributed by atoms with E-state index in [9.17, 15) is 9.18 Å².